The summed E-state index contributed by atoms with van der Waals surface area (Å²) in [6.45, 7) is 3.49. The molecule has 0 saturated heterocycles. The van der Waals surface area contributed by atoms with E-state index in [1.165, 1.54) is 0 Å². The normalized spacial score (nSPS) is 15.5. The molecule has 0 rings (SSSR count). The second-order valence-electron chi connectivity index (χ2n) is 3.90. The predicted molar refractivity (Wildman–Crippen MR) is 66.4 cm³/mol. The Hall–Kier alpha value is 0.120. The Kier molecular flexibility index (Phi) is 7.58. The number of rotatable bonds is 7. The standard InChI is InChI=1S/C11H16F5I/c1-3-5-7(8(17)6-4-2)11(15,16)9(12)10(13)14/h7-8H,3-6H2,1-2H3. The molecule has 0 aliphatic carbocycles. The summed E-state index contributed by atoms with van der Waals surface area (Å²) >= 11 is 1.79. The van der Waals surface area contributed by atoms with Crippen molar-refractivity contribution in [3.8, 4) is 0 Å². The third-order valence-corrected chi connectivity index (χ3v) is 4.02. The summed E-state index contributed by atoms with van der Waals surface area (Å²) in [4.78, 5) is 0. The Morgan fingerprint density at radius 3 is 1.88 bits per heavy atom. The molecule has 6 heteroatoms. The zero-order valence-corrected chi connectivity index (χ0v) is 11.9. The molecule has 0 spiro atoms. The van der Waals surface area contributed by atoms with Crippen LogP contribution in [0.3, 0.4) is 0 Å². The molecule has 0 heterocycles. The lowest BCUT2D eigenvalue weighted by Gasteiger charge is -2.29. The van der Waals surface area contributed by atoms with Gasteiger partial charge in [-0.1, -0.05) is 49.3 Å². The number of alkyl halides is 3. The Morgan fingerprint density at radius 1 is 1.06 bits per heavy atom. The summed E-state index contributed by atoms with van der Waals surface area (Å²) in [6.07, 6.45) is -1.36. The van der Waals surface area contributed by atoms with Gasteiger partial charge in [-0.3, -0.25) is 0 Å². The first-order valence-electron chi connectivity index (χ1n) is 5.52. The summed E-state index contributed by atoms with van der Waals surface area (Å²) in [5.41, 5.74) is 0. The highest BCUT2D eigenvalue weighted by molar-refractivity contribution is 14.1. The molecule has 17 heavy (non-hydrogen) atoms. The topological polar surface area (TPSA) is 0 Å². The summed E-state index contributed by atoms with van der Waals surface area (Å²) in [6, 6.07) is 0. The SMILES string of the molecule is CCCC(I)C(CCC)C(F)(F)C(F)=C(F)F. The molecular formula is C11H16F5I. The smallest absolute Gasteiger partial charge is 0.199 e. The number of hydrogen-bond acceptors (Lipinski definition) is 0. The van der Waals surface area contributed by atoms with Gasteiger partial charge in [0, 0.05) is 9.84 Å². The van der Waals surface area contributed by atoms with Crippen molar-refractivity contribution in [1.82, 2.24) is 0 Å². The zero-order chi connectivity index (χ0) is 13.6. The van der Waals surface area contributed by atoms with E-state index in [0.717, 1.165) is 0 Å². The van der Waals surface area contributed by atoms with Gasteiger partial charge in [0.2, 0.25) is 5.83 Å². The van der Waals surface area contributed by atoms with Crippen LogP contribution in [-0.2, 0) is 0 Å². The maximum absolute atomic E-state index is 13.6. The van der Waals surface area contributed by atoms with Crippen LogP contribution in [0.15, 0.2) is 11.9 Å². The lowest BCUT2D eigenvalue weighted by Crippen LogP contribution is -2.35. The average molecular weight is 370 g/mol. The monoisotopic (exact) mass is 370 g/mol. The number of halogens is 6. The molecule has 102 valence electrons. The van der Waals surface area contributed by atoms with Crippen molar-refractivity contribution in [2.45, 2.75) is 49.4 Å². The summed E-state index contributed by atoms with van der Waals surface area (Å²) in [5.74, 6) is -8.03. The molecule has 2 unspecified atom stereocenters. The third kappa shape index (κ3) is 4.71. The first-order chi connectivity index (χ1) is 7.78. The maximum atomic E-state index is 13.6. The molecule has 0 aliphatic rings. The average Bonchev–Trinajstić information content (AvgIpc) is 2.24. The van der Waals surface area contributed by atoms with Crippen molar-refractivity contribution >= 4 is 22.6 Å². The molecule has 0 saturated carbocycles. The zero-order valence-electron chi connectivity index (χ0n) is 9.75. The molecule has 0 bridgehead atoms. The minimum atomic E-state index is -4.07. The second-order valence-corrected chi connectivity index (χ2v) is 5.50. The van der Waals surface area contributed by atoms with E-state index in [1.807, 2.05) is 6.92 Å². The van der Waals surface area contributed by atoms with E-state index in [9.17, 15) is 22.0 Å². The number of allylic oxidation sites excluding steroid dienone is 1. The highest BCUT2D eigenvalue weighted by Gasteiger charge is 2.48. The molecule has 0 aliphatic heterocycles. The first-order valence-corrected chi connectivity index (χ1v) is 6.76. The molecule has 0 aromatic carbocycles. The first kappa shape index (κ1) is 17.1. The van der Waals surface area contributed by atoms with Crippen molar-refractivity contribution in [3.05, 3.63) is 11.9 Å². The van der Waals surface area contributed by atoms with E-state index in [0.29, 0.717) is 19.3 Å². The van der Waals surface area contributed by atoms with Gasteiger partial charge in [0.1, 0.15) is 0 Å². The van der Waals surface area contributed by atoms with Crippen molar-refractivity contribution in [2.24, 2.45) is 5.92 Å². The fourth-order valence-electron chi connectivity index (χ4n) is 1.67. The molecule has 0 fully saturated rings. The summed E-state index contributed by atoms with van der Waals surface area (Å²) < 4.78 is 63.5. The Bertz CT molecular complexity index is 261. The fourth-order valence-corrected chi connectivity index (χ4v) is 3.10. The third-order valence-electron chi connectivity index (χ3n) is 2.52. The van der Waals surface area contributed by atoms with Gasteiger partial charge in [0.15, 0.2) is 0 Å². The van der Waals surface area contributed by atoms with Crippen LogP contribution in [0.1, 0.15) is 39.5 Å². The molecular weight excluding hydrogens is 354 g/mol. The quantitative estimate of drug-likeness (QED) is 0.306. The largest absolute Gasteiger partial charge is 0.307 e. The van der Waals surface area contributed by atoms with Crippen LogP contribution in [-0.4, -0.2) is 9.85 Å². The van der Waals surface area contributed by atoms with E-state index >= 15 is 0 Å². The van der Waals surface area contributed by atoms with Crippen LogP contribution in [0.2, 0.25) is 0 Å². The van der Waals surface area contributed by atoms with Crippen LogP contribution in [0.5, 0.6) is 0 Å². The van der Waals surface area contributed by atoms with Gasteiger partial charge < -0.3 is 0 Å². The second kappa shape index (κ2) is 7.53. The van der Waals surface area contributed by atoms with Crippen LogP contribution in [0.4, 0.5) is 22.0 Å². The molecule has 2 atom stereocenters. The lowest BCUT2D eigenvalue weighted by atomic mass is 9.90. The van der Waals surface area contributed by atoms with Gasteiger partial charge in [-0.05, 0) is 12.8 Å². The van der Waals surface area contributed by atoms with E-state index < -0.39 is 27.7 Å². The molecule has 0 aromatic heterocycles. The minimum absolute atomic E-state index is 0.0291. The minimum Gasteiger partial charge on any atom is -0.199 e. The van der Waals surface area contributed by atoms with E-state index in [-0.39, 0.29) is 6.42 Å². The Balaban J connectivity index is 5.09. The fraction of sp³-hybridized carbons (Fsp3) is 0.818. The van der Waals surface area contributed by atoms with Gasteiger partial charge in [-0.2, -0.15) is 22.0 Å². The highest BCUT2D eigenvalue weighted by atomic mass is 127. The van der Waals surface area contributed by atoms with Crippen LogP contribution in [0.25, 0.3) is 0 Å². The van der Waals surface area contributed by atoms with Crippen LogP contribution < -0.4 is 0 Å². The molecule has 0 amide bonds. The van der Waals surface area contributed by atoms with Gasteiger partial charge in [0.25, 0.3) is 0 Å². The van der Waals surface area contributed by atoms with Crippen molar-refractivity contribution in [2.75, 3.05) is 0 Å². The van der Waals surface area contributed by atoms with E-state index in [4.69, 9.17) is 0 Å². The van der Waals surface area contributed by atoms with E-state index in [1.54, 1.807) is 29.5 Å². The Labute approximate surface area is 112 Å². The van der Waals surface area contributed by atoms with Crippen molar-refractivity contribution in [1.29, 1.82) is 0 Å². The molecule has 0 nitrogen and oxygen atoms in total. The van der Waals surface area contributed by atoms with Crippen molar-refractivity contribution in [3.63, 3.8) is 0 Å². The maximum Gasteiger partial charge on any atom is 0.307 e. The summed E-state index contributed by atoms with van der Waals surface area (Å²) in [5, 5.41) is 0. The number of hydrogen-bond donors (Lipinski definition) is 0. The summed E-state index contributed by atoms with van der Waals surface area (Å²) in [7, 11) is 0. The van der Waals surface area contributed by atoms with Gasteiger partial charge in [-0.15, -0.1) is 0 Å². The lowest BCUT2D eigenvalue weighted by molar-refractivity contribution is -0.0488. The van der Waals surface area contributed by atoms with E-state index in [2.05, 4.69) is 0 Å². The highest BCUT2D eigenvalue weighted by Crippen LogP contribution is 2.43. The molecule has 0 N–H and O–H groups in total. The van der Waals surface area contributed by atoms with Crippen LogP contribution in [0, 0.1) is 5.92 Å². The van der Waals surface area contributed by atoms with Crippen molar-refractivity contribution < 1.29 is 22.0 Å². The van der Waals surface area contributed by atoms with Gasteiger partial charge in [0.05, 0.1) is 0 Å². The molecule has 0 aromatic rings. The van der Waals surface area contributed by atoms with Gasteiger partial charge >= 0.3 is 12.0 Å². The van der Waals surface area contributed by atoms with Crippen LogP contribution >= 0.6 is 22.6 Å². The Morgan fingerprint density at radius 2 is 1.53 bits per heavy atom. The van der Waals surface area contributed by atoms with Gasteiger partial charge in [-0.25, -0.2) is 0 Å². The predicted octanol–water partition coefficient (Wildman–Crippen LogP) is 5.72. The molecule has 0 radical (unpaired) electrons.